The van der Waals surface area contributed by atoms with Crippen molar-refractivity contribution in [3.8, 4) is 0 Å². The zero-order valence-corrected chi connectivity index (χ0v) is 27.0. The highest BCUT2D eigenvalue weighted by atomic mass is 16.7. The number of aliphatic hydroxyl groups is 2. The van der Waals surface area contributed by atoms with Gasteiger partial charge in [-0.3, -0.25) is 0 Å². The van der Waals surface area contributed by atoms with E-state index in [1.54, 1.807) is 28.3 Å². The molecule has 2 N–H and O–H groups in total. The molecular weight excluding hydrogens is 552 g/mol. The third-order valence-electron chi connectivity index (χ3n) is 8.59. The van der Waals surface area contributed by atoms with Crippen molar-refractivity contribution >= 4 is 0 Å². The molecule has 0 radical (unpaired) electrons. The molecular formula is C30H56O12. The fourth-order valence-electron chi connectivity index (χ4n) is 6.37. The van der Waals surface area contributed by atoms with Crippen LogP contribution in [0.4, 0.5) is 0 Å². The predicted octanol–water partition coefficient (Wildman–Crippen LogP) is 2.54. The van der Waals surface area contributed by atoms with Crippen molar-refractivity contribution in [3.63, 3.8) is 0 Å². The first-order valence-electron chi connectivity index (χ1n) is 15.6. The Morgan fingerprint density at radius 3 is 1.43 bits per heavy atom. The average molecular weight is 609 g/mol. The van der Waals surface area contributed by atoms with Gasteiger partial charge in [0.15, 0.2) is 18.9 Å². The van der Waals surface area contributed by atoms with E-state index in [2.05, 4.69) is 0 Å². The van der Waals surface area contributed by atoms with Crippen LogP contribution in [0.2, 0.25) is 0 Å². The lowest BCUT2D eigenvalue weighted by molar-refractivity contribution is -0.341. The first-order chi connectivity index (χ1) is 20.0. The van der Waals surface area contributed by atoms with Gasteiger partial charge in [0.25, 0.3) is 0 Å². The molecule has 4 aliphatic heterocycles. The van der Waals surface area contributed by atoms with Crippen LogP contribution < -0.4 is 0 Å². The van der Waals surface area contributed by atoms with E-state index in [0.29, 0.717) is 12.8 Å². The van der Waals surface area contributed by atoms with Crippen molar-refractivity contribution in [2.45, 2.75) is 172 Å². The van der Waals surface area contributed by atoms with Crippen LogP contribution in [0, 0.1) is 0 Å². The molecule has 0 spiro atoms. The number of rotatable bonds is 9. The largest absolute Gasteiger partial charge is 0.390 e. The summed E-state index contributed by atoms with van der Waals surface area (Å²) in [6, 6.07) is 0. The van der Waals surface area contributed by atoms with Gasteiger partial charge in [0, 0.05) is 47.0 Å². The van der Waals surface area contributed by atoms with Crippen molar-refractivity contribution in [1.82, 2.24) is 0 Å². The van der Waals surface area contributed by atoms with Crippen molar-refractivity contribution in [1.29, 1.82) is 0 Å². The van der Waals surface area contributed by atoms with Crippen LogP contribution in [0.15, 0.2) is 0 Å². The first kappa shape index (κ1) is 36.0. The molecule has 12 heteroatoms. The monoisotopic (exact) mass is 608 g/mol. The maximum atomic E-state index is 11.0. The SMILES string of the molecule is CC.CO[C@H]1CC(O[C@H]2C(O)C[C@H](O[C@@H]3C(C)O[C@@H](C)C[C@@H]3OC)OC2C)O[C@H](C)[C@H]1OC1C[C@@H](OC)[C@H](O)C(C)O1. The Balaban J connectivity index is 0.00000237. The summed E-state index contributed by atoms with van der Waals surface area (Å²) in [4.78, 5) is 0. The molecule has 0 bridgehead atoms. The van der Waals surface area contributed by atoms with Gasteiger partial charge in [0.05, 0.1) is 54.9 Å². The topological polar surface area (TPSA) is 133 Å². The molecule has 4 saturated heterocycles. The van der Waals surface area contributed by atoms with Gasteiger partial charge in [-0.05, 0) is 34.6 Å². The molecule has 0 aromatic rings. The summed E-state index contributed by atoms with van der Waals surface area (Å²) in [6.45, 7) is 13.5. The quantitative estimate of drug-likeness (QED) is 0.399. The van der Waals surface area contributed by atoms with Crippen LogP contribution >= 0.6 is 0 Å². The van der Waals surface area contributed by atoms with Crippen LogP contribution in [0.1, 0.15) is 74.1 Å². The molecule has 42 heavy (non-hydrogen) atoms. The molecule has 4 fully saturated rings. The van der Waals surface area contributed by atoms with Crippen LogP contribution in [-0.2, 0) is 47.4 Å². The molecule has 0 amide bonds. The molecule has 0 aliphatic carbocycles. The van der Waals surface area contributed by atoms with Crippen LogP contribution in [0.5, 0.6) is 0 Å². The number of hydrogen-bond acceptors (Lipinski definition) is 12. The molecule has 16 atom stereocenters. The third kappa shape index (κ3) is 8.82. The highest BCUT2D eigenvalue weighted by Crippen LogP contribution is 2.34. The summed E-state index contributed by atoms with van der Waals surface area (Å²) < 4.78 is 59.8. The van der Waals surface area contributed by atoms with Gasteiger partial charge < -0.3 is 57.6 Å². The Kier molecular flexibility index (Phi) is 14.3. The summed E-state index contributed by atoms with van der Waals surface area (Å²) in [7, 11) is 4.86. The van der Waals surface area contributed by atoms with E-state index in [-0.39, 0.29) is 49.1 Å². The van der Waals surface area contributed by atoms with Gasteiger partial charge in [0.2, 0.25) is 0 Å². The minimum Gasteiger partial charge on any atom is -0.390 e. The molecule has 0 aromatic carbocycles. The van der Waals surface area contributed by atoms with Gasteiger partial charge in [-0.2, -0.15) is 0 Å². The fourth-order valence-corrected chi connectivity index (χ4v) is 6.37. The summed E-state index contributed by atoms with van der Waals surface area (Å²) in [5.74, 6) is 0. The third-order valence-corrected chi connectivity index (χ3v) is 8.59. The molecule has 12 nitrogen and oxygen atoms in total. The highest BCUT2D eigenvalue weighted by Gasteiger charge is 2.46. The minimum absolute atomic E-state index is 0.0853. The average Bonchev–Trinajstić information content (AvgIpc) is 2.96. The zero-order chi connectivity index (χ0) is 31.1. The van der Waals surface area contributed by atoms with E-state index in [0.717, 1.165) is 6.42 Å². The molecule has 6 unspecified atom stereocenters. The lowest BCUT2D eigenvalue weighted by Crippen LogP contribution is -2.57. The molecule has 4 heterocycles. The molecule has 0 saturated carbocycles. The van der Waals surface area contributed by atoms with E-state index < -0.39 is 55.5 Å². The Morgan fingerprint density at radius 1 is 0.500 bits per heavy atom. The van der Waals surface area contributed by atoms with E-state index in [4.69, 9.17) is 47.4 Å². The van der Waals surface area contributed by atoms with Gasteiger partial charge in [0.1, 0.15) is 24.4 Å². The van der Waals surface area contributed by atoms with Crippen molar-refractivity contribution < 1.29 is 57.6 Å². The number of methoxy groups -OCH3 is 3. The summed E-state index contributed by atoms with van der Waals surface area (Å²) >= 11 is 0. The summed E-state index contributed by atoms with van der Waals surface area (Å²) in [5.41, 5.74) is 0. The van der Waals surface area contributed by atoms with Gasteiger partial charge >= 0.3 is 0 Å². The summed E-state index contributed by atoms with van der Waals surface area (Å²) in [6.07, 6.45) is -5.12. The number of aliphatic hydroxyl groups excluding tert-OH is 2. The molecule has 4 aliphatic rings. The van der Waals surface area contributed by atoms with E-state index >= 15 is 0 Å². The van der Waals surface area contributed by atoms with E-state index in [1.807, 2.05) is 41.5 Å². The zero-order valence-electron chi connectivity index (χ0n) is 27.0. The predicted molar refractivity (Wildman–Crippen MR) is 152 cm³/mol. The standard InChI is InChI=1S/C28H50O12.C2H6/c1-13-9-20(32-7)27(16(4)34-13)39-22-10-18(29)26(15(3)36-22)38-24-12-21(33-8)28(17(5)37-24)40-23-11-19(31-6)25(30)14(2)35-23;1-2/h13-30H,9-12H2,1-8H3;1-2H3/t13-,14?,15?,16?,17+,18?,19+,20-,21-,22-,23?,24?,25+,26+,27+,28+;/m0./s1. The maximum Gasteiger partial charge on any atom is 0.161 e. The van der Waals surface area contributed by atoms with Crippen molar-refractivity contribution in [2.75, 3.05) is 21.3 Å². The van der Waals surface area contributed by atoms with Crippen molar-refractivity contribution in [2.24, 2.45) is 0 Å². The van der Waals surface area contributed by atoms with Crippen molar-refractivity contribution in [3.05, 3.63) is 0 Å². The van der Waals surface area contributed by atoms with Crippen LogP contribution in [-0.4, -0.2) is 130 Å². The second-order valence-corrected chi connectivity index (χ2v) is 11.6. The van der Waals surface area contributed by atoms with Crippen LogP contribution in [0.25, 0.3) is 0 Å². The lowest BCUT2D eigenvalue weighted by atomic mass is 9.98. The van der Waals surface area contributed by atoms with E-state index in [1.165, 1.54) is 0 Å². The highest BCUT2D eigenvalue weighted by molar-refractivity contribution is 4.90. The number of ether oxygens (including phenoxy) is 10. The Labute approximate surface area is 251 Å². The molecule has 0 aromatic heterocycles. The second kappa shape index (κ2) is 16.7. The number of hydrogen-bond donors (Lipinski definition) is 2. The minimum atomic E-state index is -0.822. The van der Waals surface area contributed by atoms with E-state index in [9.17, 15) is 10.2 Å². The Hall–Kier alpha value is -0.480. The Bertz CT molecular complexity index is 763. The smallest absolute Gasteiger partial charge is 0.161 e. The fraction of sp³-hybridized carbons (Fsp3) is 1.00. The second-order valence-electron chi connectivity index (χ2n) is 11.6. The molecule has 4 rings (SSSR count). The Morgan fingerprint density at radius 2 is 0.905 bits per heavy atom. The normalized spacial score (nSPS) is 48.3. The lowest BCUT2D eigenvalue weighted by Gasteiger charge is -2.46. The summed E-state index contributed by atoms with van der Waals surface area (Å²) in [5, 5.41) is 21.3. The maximum absolute atomic E-state index is 11.0. The molecule has 248 valence electrons. The first-order valence-corrected chi connectivity index (χ1v) is 15.6. The van der Waals surface area contributed by atoms with Gasteiger partial charge in [-0.1, -0.05) is 13.8 Å². The van der Waals surface area contributed by atoms with Gasteiger partial charge in [-0.25, -0.2) is 0 Å². The van der Waals surface area contributed by atoms with Gasteiger partial charge in [-0.15, -0.1) is 0 Å². The van der Waals surface area contributed by atoms with Crippen LogP contribution in [0.3, 0.4) is 0 Å².